The Balaban J connectivity index is 1.88. The molecular weight excluding hydrogens is 296 g/mol. The molecule has 0 N–H and O–H groups in total. The molecule has 114 valence electrons. The average Bonchev–Trinajstić information content (AvgIpc) is 3.19. The number of fused-ring (bicyclic) bond motifs is 1. The van der Waals surface area contributed by atoms with Crippen molar-refractivity contribution < 1.29 is 14.2 Å². The predicted molar refractivity (Wildman–Crippen MR) is 80.7 cm³/mol. The molecule has 3 aromatic rings. The number of rotatable bonds is 2. The van der Waals surface area contributed by atoms with Crippen molar-refractivity contribution in [3.63, 3.8) is 0 Å². The van der Waals surface area contributed by atoms with E-state index < -0.39 is 11.8 Å². The van der Waals surface area contributed by atoms with Gasteiger partial charge in [-0.15, -0.1) is 0 Å². The molecule has 7 heteroatoms. The topological polar surface area (TPSA) is 81.2 Å². The van der Waals surface area contributed by atoms with Gasteiger partial charge in [-0.3, -0.25) is 14.2 Å². The van der Waals surface area contributed by atoms with Crippen LogP contribution >= 0.6 is 0 Å². The van der Waals surface area contributed by atoms with Crippen LogP contribution in [0.4, 0.5) is 5.82 Å². The Morgan fingerprint density at radius 3 is 1.91 bits per heavy atom. The third kappa shape index (κ3) is 1.76. The van der Waals surface area contributed by atoms with Gasteiger partial charge in [-0.25, -0.2) is 9.53 Å². The monoisotopic (exact) mass is 308 g/mol. The van der Waals surface area contributed by atoms with Crippen molar-refractivity contribution in [1.82, 2.24) is 14.9 Å². The van der Waals surface area contributed by atoms with Gasteiger partial charge in [-0.1, -0.05) is 12.1 Å². The summed E-state index contributed by atoms with van der Waals surface area (Å²) in [5.41, 5.74) is 2.51. The molecule has 0 saturated carbocycles. The van der Waals surface area contributed by atoms with Crippen LogP contribution in [0.1, 0.15) is 32.1 Å². The SMILES string of the molecule is Cc1ccc(C)n1-c1nonc1N1C(=O)c2ccccc2C1=O. The minimum absolute atomic E-state index is 0.0959. The number of carbonyl (C=O) groups is 2. The highest BCUT2D eigenvalue weighted by Gasteiger charge is 2.40. The summed E-state index contributed by atoms with van der Waals surface area (Å²) in [6.45, 7) is 3.79. The van der Waals surface area contributed by atoms with Gasteiger partial charge in [0.25, 0.3) is 11.8 Å². The van der Waals surface area contributed by atoms with Crippen molar-refractivity contribution in [2.45, 2.75) is 13.8 Å². The van der Waals surface area contributed by atoms with Crippen molar-refractivity contribution >= 4 is 17.6 Å². The second-order valence-corrected chi connectivity index (χ2v) is 5.35. The summed E-state index contributed by atoms with van der Waals surface area (Å²) in [6.07, 6.45) is 0. The summed E-state index contributed by atoms with van der Waals surface area (Å²) in [6, 6.07) is 10.5. The van der Waals surface area contributed by atoms with Gasteiger partial charge in [0, 0.05) is 11.4 Å². The number of aryl methyl sites for hydroxylation is 2. The molecule has 1 aliphatic rings. The maximum atomic E-state index is 12.6. The van der Waals surface area contributed by atoms with Crippen LogP contribution in [0.3, 0.4) is 0 Å². The lowest BCUT2D eigenvalue weighted by Gasteiger charge is -2.12. The first-order valence-electron chi connectivity index (χ1n) is 7.05. The van der Waals surface area contributed by atoms with E-state index in [1.54, 1.807) is 28.8 Å². The van der Waals surface area contributed by atoms with Gasteiger partial charge in [-0.2, -0.15) is 0 Å². The molecule has 23 heavy (non-hydrogen) atoms. The lowest BCUT2D eigenvalue weighted by Crippen LogP contribution is -2.30. The number of imide groups is 1. The van der Waals surface area contributed by atoms with Gasteiger partial charge in [-0.05, 0) is 48.4 Å². The number of anilines is 1. The Morgan fingerprint density at radius 1 is 0.826 bits per heavy atom. The summed E-state index contributed by atoms with van der Waals surface area (Å²) in [5, 5.41) is 7.68. The predicted octanol–water partition coefficient (Wildman–Crippen LogP) is 2.28. The van der Waals surface area contributed by atoms with Crippen LogP contribution in [-0.2, 0) is 0 Å². The molecule has 0 radical (unpaired) electrons. The van der Waals surface area contributed by atoms with E-state index in [1.807, 2.05) is 26.0 Å². The number of nitrogens with zero attached hydrogens (tertiary/aromatic N) is 4. The normalized spacial score (nSPS) is 13.7. The van der Waals surface area contributed by atoms with Gasteiger partial charge in [0.15, 0.2) is 0 Å². The molecule has 0 fully saturated rings. The van der Waals surface area contributed by atoms with Crippen LogP contribution in [-0.4, -0.2) is 26.7 Å². The Morgan fingerprint density at radius 2 is 1.35 bits per heavy atom. The number of carbonyl (C=O) groups excluding carboxylic acids is 2. The van der Waals surface area contributed by atoms with Gasteiger partial charge in [0.2, 0.25) is 11.6 Å². The van der Waals surface area contributed by atoms with Gasteiger partial charge in [0.05, 0.1) is 11.1 Å². The van der Waals surface area contributed by atoms with E-state index >= 15 is 0 Å². The summed E-state index contributed by atoms with van der Waals surface area (Å²) in [5.74, 6) is -0.437. The highest BCUT2D eigenvalue weighted by Crippen LogP contribution is 2.31. The van der Waals surface area contributed by atoms with Crippen LogP contribution in [0.2, 0.25) is 0 Å². The van der Waals surface area contributed by atoms with Crippen LogP contribution in [0.15, 0.2) is 41.0 Å². The summed E-state index contributed by atoms with van der Waals surface area (Å²) >= 11 is 0. The van der Waals surface area contributed by atoms with Crippen LogP contribution in [0.25, 0.3) is 5.82 Å². The summed E-state index contributed by atoms with van der Waals surface area (Å²) in [7, 11) is 0. The van der Waals surface area contributed by atoms with E-state index in [2.05, 4.69) is 10.3 Å². The zero-order chi connectivity index (χ0) is 16.1. The fourth-order valence-electron chi connectivity index (χ4n) is 2.85. The van der Waals surface area contributed by atoms with Gasteiger partial charge < -0.3 is 0 Å². The van der Waals surface area contributed by atoms with E-state index in [4.69, 9.17) is 4.63 Å². The van der Waals surface area contributed by atoms with E-state index in [0.717, 1.165) is 16.3 Å². The molecule has 7 nitrogen and oxygen atoms in total. The third-order valence-corrected chi connectivity index (χ3v) is 3.94. The highest BCUT2D eigenvalue weighted by molar-refractivity contribution is 6.34. The smallest absolute Gasteiger partial charge is 0.267 e. The minimum Gasteiger partial charge on any atom is -0.297 e. The average molecular weight is 308 g/mol. The molecule has 1 aliphatic heterocycles. The highest BCUT2D eigenvalue weighted by atomic mass is 16.6. The maximum Gasteiger partial charge on any atom is 0.267 e. The quantitative estimate of drug-likeness (QED) is 0.678. The third-order valence-electron chi connectivity index (χ3n) is 3.94. The standard InChI is InChI=1S/C16H12N4O3/c1-9-7-8-10(2)19(9)13-14(18-23-17-13)20-15(21)11-5-3-4-6-12(11)16(20)22/h3-8H,1-2H3. The van der Waals surface area contributed by atoms with Crippen molar-refractivity contribution in [2.24, 2.45) is 0 Å². The number of hydrogen-bond donors (Lipinski definition) is 0. The van der Waals surface area contributed by atoms with Crippen LogP contribution in [0, 0.1) is 13.8 Å². The van der Waals surface area contributed by atoms with E-state index in [9.17, 15) is 9.59 Å². The molecule has 0 aliphatic carbocycles. The second-order valence-electron chi connectivity index (χ2n) is 5.35. The fourth-order valence-corrected chi connectivity index (χ4v) is 2.85. The van der Waals surface area contributed by atoms with Crippen molar-refractivity contribution in [1.29, 1.82) is 0 Å². The number of hydrogen-bond acceptors (Lipinski definition) is 5. The summed E-state index contributed by atoms with van der Waals surface area (Å²) in [4.78, 5) is 26.2. The van der Waals surface area contributed by atoms with Gasteiger partial charge >= 0.3 is 0 Å². The molecule has 3 heterocycles. The first-order chi connectivity index (χ1) is 11.1. The van der Waals surface area contributed by atoms with E-state index in [1.165, 1.54) is 0 Å². The first-order valence-corrected chi connectivity index (χ1v) is 7.05. The van der Waals surface area contributed by atoms with Gasteiger partial charge in [0.1, 0.15) is 0 Å². The number of benzene rings is 1. The van der Waals surface area contributed by atoms with E-state index in [0.29, 0.717) is 16.9 Å². The molecule has 4 rings (SSSR count). The summed E-state index contributed by atoms with van der Waals surface area (Å²) < 4.78 is 6.61. The minimum atomic E-state index is -0.426. The first kappa shape index (κ1) is 13.4. The zero-order valence-corrected chi connectivity index (χ0v) is 12.5. The molecule has 0 unspecified atom stereocenters. The molecular formula is C16H12N4O3. The zero-order valence-electron chi connectivity index (χ0n) is 12.5. The lowest BCUT2D eigenvalue weighted by atomic mass is 10.1. The fraction of sp³-hybridized carbons (Fsp3) is 0.125. The molecule has 2 aromatic heterocycles. The van der Waals surface area contributed by atoms with Crippen LogP contribution < -0.4 is 4.90 Å². The molecule has 0 spiro atoms. The van der Waals surface area contributed by atoms with Crippen LogP contribution in [0.5, 0.6) is 0 Å². The molecule has 2 amide bonds. The second kappa shape index (κ2) is 4.64. The largest absolute Gasteiger partial charge is 0.297 e. The Kier molecular flexibility index (Phi) is 2.71. The maximum absolute atomic E-state index is 12.6. The molecule has 1 aromatic carbocycles. The number of aromatic nitrogens is 3. The molecule has 0 bridgehead atoms. The lowest BCUT2D eigenvalue weighted by molar-refractivity contribution is 0.0923. The Bertz CT molecular complexity index is 899. The Hall–Kier alpha value is -3.22. The van der Waals surface area contributed by atoms with Crippen molar-refractivity contribution in [3.8, 4) is 5.82 Å². The molecule has 0 saturated heterocycles. The van der Waals surface area contributed by atoms with Crippen molar-refractivity contribution in [3.05, 3.63) is 58.9 Å². The molecule has 0 atom stereocenters. The van der Waals surface area contributed by atoms with E-state index in [-0.39, 0.29) is 5.82 Å². The number of amides is 2. The van der Waals surface area contributed by atoms with Crippen molar-refractivity contribution in [2.75, 3.05) is 4.90 Å². The Labute approximate surface area is 131 Å².